The summed E-state index contributed by atoms with van der Waals surface area (Å²) in [5.74, 6) is -0.125. The van der Waals surface area contributed by atoms with Crippen LogP contribution < -0.4 is 0 Å². The number of carbonyl (C=O) groups is 1. The lowest BCUT2D eigenvalue weighted by Crippen LogP contribution is -2.45. The highest BCUT2D eigenvalue weighted by Gasteiger charge is 2.43. The van der Waals surface area contributed by atoms with E-state index < -0.39 is 0 Å². The first-order valence-electron chi connectivity index (χ1n) is 8.78. The number of thiazole rings is 1. The summed E-state index contributed by atoms with van der Waals surface area (Å²) in [5.41, 5.74) is 3.63. The normalized spacial score (nSPS) is 24.1. The lowest BCUT2D eigenvalue weighted by atomic mass is 9.79. The summed E-state index contributed by atoms with van der Waals surface area (Å²) in [6.45, 7) is 4.57. The zero-order valence-corrected chi connectivity index (χ0v) is 15.0. The van der Waals surface area contributed by atoms with Crippen molar-refractivity contribution in [2.24, 2.45) is 5.41 Å². The van der Waals surface area contributed by atoms with Crippen molar-refractivity contribution >= 4 is 17.2 Å². The van der Waals surface area contributed by atoms with E-state index in [4.69, 9.17) is 0 Å². The Bertz CT molecular complexity index is 734. The molecule has 0 bridgehead atoms. The number of halogens is 1. The Kier molecular flexibility index (Phi) is 4.56. The smallest absolute Gasteiger partial charge is 0.273 e. The van der Waals surface area contributed by atoms with Gasteiger partial charge < -0.3 is 4.90 Å². The fourth-order valence-electron chi connectivity index (χ4n) is 4.21. The SMILES string of the molecule is O=C(c1cscn1)N1CCC2(CCCN(Cc3ccc(F)cc3)C2)C1. The van der Waals surface area contributed by atoms with Crippen molar-refractivity contribution in [1.29, 1.82) is 0 Å². The molecule has 1 atom stereocenters. The van der Waals surface area contributed by atoms with Gasteiger partial charge in [-0.3, -0.25) is 9.69 Å². The third kappa shape index (κ3) is 3.60. The number of hydrogen-bond acceptors (Lipinski definition) is 4. The number of nitrogens with zero attached hydrogens (tertiary/aromatic N) is 3. The van der Waals surface area contributed by atoms with Gasteiger partial charge in [0.1, 0.15) is 11.5 Å². The van der Waals surface area contributed by atoms with Crippen molar-refractivity contribution in [1.82, 2.24) is 14.8 Å². The third-order valence-corrected chi connectivity index (χ3v) is 6.02. The van der Waals surface area contributed by atoms with Gasteiger partial charge in [0.2, 0.25) is 0 Å². The predicted octanol–water partition coefficient (Wildman–Crippen LogP) is 3.41. The van der Waals surface area contributed by atoms with Crippen molar-refractivity contribution in [3.8, 4) is 0 Å². The molecule has 4 nitrogen and oxygen atoms in total. The fraction of sp³-hybridized carbons (Fsp3) is 0.474. The van der Waals surface area contributed by atoms with Crippen molar-refractivity contribution in [3.63, 3.8) is 0 Å². The summed E-state index contributed by atoms with van der Waals surface area (Å²) in [4.78, 5) is 21.1. The second-order valence-corrected chi connectivity index (χ2v) is 8.01. The summed E-state index contributed by atoms with van der Waals surface area (Å²) in [7, 11) is 0. The van der Waals surface area contributed by atoms with Crippen LogP contribution in [0.4, 0.5) is 4.39 Å². The Morgan fingerprint density at radius 2 is 2.04 bits per heavy atom. The molecule has 2 aliphatic rings. The molecule has 25 heavy (non-hydrogen) atoms. The van der Waals surface area contributed by atoms with Gasteiger partial charge in [-0.1, -0.05) is 12.1 Å². The van der Waals surface area contributed by atoms with Crippen LogP contribution in [0.1, 0.15) is 35.3 Å². The number of hydrogen-bond donors (Lipinski definition) is 0. The van der Waals surface area contributed by atoms with Crippen LogP contribution in [0.15, 0.2) is 35.2 Å². The number of rotatable bonds is 3. The van der Waals surface area contributed by atoms with E-state index in [0.717, 1.165) is 51.1 Å². The summed E-state index contributed by atoms with van der Waals surface area (Å²) in [5, 5.41) is 1.83. The van der Waals surface area contributed by atoms with E-state index in [0.29, 0.717) is 5.69 Å². The van der Waals surface area contributed by atoms with Crippen LogP contribution in [0.3, 0.4) is 0 Å². The van der Waals surface area contributed by atoms with Crippen molar-refractivity contribution in [2.45, 2.75) is 25.8 Å². The largest absolute Gasteiger partial charge is 0.337 e. The molecular weight excluding hydrogens is 337 g/mol. The van der Waals surface area contributed by atoms with Gasteiger partial charge in [-0.25, -0.2) is 9.37 Å². The molecule has 4 rings (SSSR count). The summed E-state index contributed by atoms with van der Waals surface area (Å²) in [6, 6.07) is 6.78. The Morgan fingerprint density at radius 3 is 2.80 bits per heavy atom. The molecular formula is C19H22FN3OS. The monoisotopic (exact) mass is 359 g/mol. The average molecular weight is 359 g/mol. The summed E-state index contributed by atoms with van der Waals surface area (Å²) >= 11 is 1.46. The second-order valence-electron chi connectivity index (χ2n) is 7.29. The molecule has 2 fully saturated rings. The number of amides is 1. The van der Waals surface area contributed by atoms with Crippen LogP contribution in [0, 0.1) is 11.2 Å². The Labute approximate surface area is 151 Å². The summed E-state index contributed by atoms with van der Waals surface area (Å²) < 4.78 is 13.1. The number of aromatic nitrogens is 1. The predicted molar refractivity (Wildman–Crippen MR) is 96.0 cm³/mol. The molecule has 2 aromatic rings. The lowest BCUT2D eigenvalue weighted by molar-refractivity contribution is 0.0671. The Balaban J connectivity index is 1.40. The van der Waals surface area contributed by atoms with E-state index >= 15 is 0 Å². The van der Waals surface area contributed by atoms with Gasteiger partial charge in [0.05, 0.1) is 5.51 Å². The van der Waals surface area contributed by atoms with Crippen LogP contribution in [0.2, 0.25) is 0 Å². The average Bonchev–Trinajstić information content (AvgIpc) is 3.27. The van der Waals surface area contributed by atoms with Gasteiger partial charge in [-0.2, -0.15) is 0 Å². The molecule has 0 radical (unpaired) electrons. The molecule has 0 saturated carbocycles. The van der Waals surface area contributed by atoms with E-state index in [1.165, 1.54) is 29.9 Å². The number of piperidine rings is 1. The van der Waals surface area contributed by atoms with Gasteiger partial charge >= 0.3 is 0 Å². The minimum atomic E-state index is -0.189. The highest BCUT2D eigenvalue weighted by molar-refractivity contribution is 7.07. The zero-order valence-electron chi connectivity index (χ0n) is 14.2. The molecule has 1 amide bonds. The second kappa shape index (κ2) is 6.84. The van der Waals surface area contributed by atoms with Gasteiger partial charge in [-0.15, -0.1) is 11.3 Å². The first kappa shape index (κ1) is 16.7. The maximum atomic E-state index is 13.1. The van der Waals surface area contributed by atoms with Crippen LogP contribution >= 0.6 is 11.3 Å². The van der Waals surface area contributed by atoms with Gasteiger partial charge in [0, 0.05) is 37.0 Å². The van der Waals surface area contributed by atoms with Gasteiger partial charge in [0.25, 0.3) is 5.91 Å². The van der Waals surface area contributed by atoms with Crippen LogP contribution in [-0.2, 0) is 6.54 Å². The molecule has 1 unspecified atom stereocenters. The first-order chi connectivity index (χ1) is 12.1. The van der Waals surface area contributed by atoms with E-state index in [1.807, 2.05) is 22.4 Å². The molecule has 2 saturated heterocycles. The minimum absolute atomic E-state index is 0.0637. The van der Waals surface area contributed by atoms with E-state index in [-0.39, 0.29) is 17.1 Å². The van der Waals surface area contributed by atoms with Crippen molar-refractivity contribution in [3.05, 3.63) is 52.2 Å². The highest BCUT2D eigenvalue weighted by atomic mass is 32.1. The molecule has 0 aliphatic carbocycles. The van der Waals surface area contributed by atoms with E-state index in [1.54, 1.807) is 5.51 Å². The maximum Gasteiger partial charge on any atom is 0.273 e. The summed E-state index contributed by atoms with van der Waals surface area (Å²) in [6.07, 6.45) is 3.39. The Hall–Kier alpha value is -1.79. The number of likely N-dealkylation sites (tertiary alicyclic amines) is 2. The standard InChI is InChI=1S/C19H22FN3OS/c20-16-4-2-15(3-5-16)10-22-8-1-6-19(12-22)7-9-23(13-19)18(24)17-11-25-14-21-17/h2-5,11,14H,1,6-10,12-13H2. The van der Waals surface area contributed by atoms with Crippen molar-refractivity contribution in [2.75, 3.05) is 26.2 Å². The number of carbonyl (C=O) groups excluding carboxylic acids is 1. The van der Waals surface area contributed by atoms with Gasteiger partial charge in [0.15, 0.2) is 0 Å². The minimum Gasteiger partial charge on any atom is -0.337 e. The molecule has 132 valence electrons. The molecule has 0 N–H and O–H groups in total. The first-order valence-corrected chi connectivity index (χ1v) is 9.72. The van der Waals surface area contributed by atoms with Crippen LogP contribution in [-0.4, -0.2) is 46.9 Å². The maximum absolute atomic E-state index is 13.1. The lowest BCUT2D eigenvalue weighted by Gasteiger charge is -2.40. The van der Waals surface area contributed by atoms with E-state index in [9.17, 15) is 9.18 Å². The van der Waals surface area contributed by atoms with Gasteiger partial charge in [-0.05, 0) is 43.5 Å². The molecule has 1 spiro atoms. The zero-order chi connectivity index (χ0) is 17.3. The van der Waals surface area contributed by atoms with Crippen LogP contribution in [0.5, 0.6) is 0 Å². The molecule has 6 heteroatoms. The van der Waals surface area contributed by atoms with Crippen LogP contribution in [0.25, 0.3) is 0 Å². The fourth-order valence-corrected chi connectivity index (χ4v) is 4.74. The van der Waals surface area contributed by atoms with E-state index in [2.05, 4.69) is 9.88 Å². The quantitative estimate of drug-likeness (QED) is 0.843. The number of benzene rings is 1. The Morgan fingerprint density at radius 1 is 1.20 bits per heavy atom. The molecule has 1 aromatic heterocycles. The molecule has 3 heterocycles. The highest BCUT2D eigenvalue weighted by Crippen LogP contribution is 2.39. The topological polar surface area (TPSA) is 36.4 Å². The third-order valence-electron chi connectivity index (χ3n) is 5.44. The van der Waals surface area contributed by atoms with Crippen molar-refractivity contribution < 1.29 is 9.18 Å². The molecule has 2 aliphatic heterocycles. The molecule has 1 aromatic carbocycles.